The number of halogens is 2. The molecule has 5 nitrogen and oxygen atoms in total. The van der Waals surface area contributed by atoms with Crippen LogP contribution >= 0.6 is 23.2 Å². The third-order valence-corrected chi connectivity index (χ3v) is 4.74. The monoisotopic (exact) mass is 372 g/mol. The molecular weight excluding hydrogens is 351 g/mol. The lowest BCUT2D eigenvalue weighted by molar-refractivity contribution is -0.132. The summed E-state index contributed by atoms with van der Waals surface area (Å²) in [6, 6.07) is 3.07. The van der Waals surface area contributed by atoms with E-state index >= 15 is 0 Å². The predicted molar refractivity (Wildman–Crippen MR) is 95.0 cm³/mol. The van der Waals surface area contributed by atoms with Crippen LogP contribution in [0.4, 0.5) is 0 Å². The number of benzene rings is 1. The highest BCUT2D eigenvalue weighted by molar-refractivity contribution is 6.36. The van der Waals surface area contributed by atoms with E-state index in [1.807, 2.05) is 4.90 Å². The Labute approximate surface area is 152 Å². The molecule has 0 atom stereocenters. The summed E-state index contributed by atoms with van der Waals surface area (Å²) in [5.41, 5.74) is 0.355. The van der Waals surface area contributed by atoms with Gasteiger partial charge in [-0.05, 0) is 12.5 Å². The molecule has 1 heterocycles. The second kappa shape index (κ2) is 8.58. The van der Waals surface area contributed by atoms with Crippen molar-refractivity contribution in [3.8, 4) is 5.75 Å². The average molecular weight is 373 g/mol. The van der Waals surface area contributed by atoms with Gasteiger partial charge < -0.3 is 14.5 Å². The Bertz CT molecular complexity index is 614. The van der Waals surface area contributed by atoms with Crippen LogP contribution in [0.15, 0.2) is 12.1 Å². The van der Waals surface area contributed by atoms with Crippen LogP contribution in [0, 0.1) is 0 Å². The third-order valence-electron chi connectivity index (χ3n) is 4.14. The lowest BCUT2D eigenvalue weighted by Crippen LogP contribution is -2.50. The van der Waals surface area contributed by atoms with Crippen molar-refractivity contribution >= 4 is 35.0 Å². The molecule has 0 aromatic heterocycles. The number of carbonyl (C=O) groups excluding carboxylic acids is 2. The molecule has 0 spiro atoms. The summed E-state index contributed by atoms with van der Waals surface area (Å²) >= 11 is 12.3. The molecule has 7 heteroatoms. The molecule has 0 unspecified atom stereocenters. The van der Waals surface area contributed by atoms with Gasteiger partial charge in [0.15, 0.2) is 0 Å². The lowest BCUT2D eigenvalue weighted by atomic mass is 10.1. The van der Waals surface area contributed by atoms with Crippen molar-refractivity contribution in [2.75, 3.05) is 33.3 Å². The fourth-order valence-electron chi connectivity index (χ4n) is 2.66. The van der Waals surface area contributed by atoms with Gasteiger partial charge in [0.25, 0.3) is 5.91 Å². The van der Waals surface area contributed by atoms with Crippen molar-refractivity contribution in [1.82, 2.24) is 9.80 Å². The van der Waals surface area contributed by atoms with Crippen LogP contribution in [0.5, 0.6) is 5.75 Å². The standard InChI is InChI=1S/C17H22Cl2N2O3/c1-3-4-5-16(22)20-6-8-21(9-7-20)17(23)12-10-14(19)15(24-2)11-13(12)18/h10-11H,3-9H2,1-2H3. The highest BCUT2D eigenvalue weighted by Gasteiger charge is 2.26. The van der Waals surface area contributed by atoms with E-state index in [2.05, 4.69) is 6.92 Å². The summed E-state index contributed by atoms with van der Waals surface area (Å²) in [5.74, 6) is 0.421. The Morgan fingerprint density at radius 2 is 1.71 bits per heavy atom. The van der Waals surface area contributed by atoms with Crippen molar-refractivity contribution < 1.29 is 14.3 Å². The van der Waals surface area contributed by atoms with Crippen LogP contribution in [0.1, 0.15) is 36.5 Å². The van der Waals surface area contributed by atoms with Gasteiger partial charge >= 0.3 is 0 Å². The van der Waals surface area contributed by atoms with E-state index < -0.39 is 0 Å². The normalized spacial score (nSPS) is 14.7. The second-order valence-corrected chi connectivity index (χ2v) is 6.56. The molecule has 1 aromatic carbocycles. The molecule has 1 aromatic rings. The molecule has 1 saturated heterocycles. The first-order chi connectivity index (χ1) is 11.5. The Hall–Kier alpha value is -1.46. The first-order valence-corrected chi connectivity index (χ1v) is 8.83. The molecule has 0 aliphatic carbocycles. The zero-order chi connectivity index (χ0) is 17.7. The third kappa shape index (κ3) is 4.33. The number of nitrogens with zero attached hydrogens (tertiary/aromatic N) is 2. The van der Waals surface area contributed by atoms with Crippen molar-refractivity contribution in [3.05, 3.63) is 27.7 Å². The zero-order valence-corrected chi connectivity index (χ0v) is 15.5. The molecule has 2 rings (SSSR count). The van der Waals surface area contributed by atoms with E-state index in [0.29, 0.717) is 54.0 Å². The van der Waals surface area contributed by atoms with Gasteiger partial charge in [-0.25, -0.2) is 0 Å². The van der Waals surface area contributed by atoms with Crippen LogP contribution in [0.2, 0.25) is 10.0 Å². The number of unbranched alkanes of at least 4 members (excludes halogenated alkanes) is 1. The van der Waals surface area contributed by atoms with E-state index in [0.717, 1.165) is 12.8 Å². The minimum Gasteiger partial charge on any atom is -0.495 e. The van der Waals surface area contributed by atoms with Gasteiger partial charge in [-0.2, -0.15) is 0 Å². The smallest absolute Gasteiger partial charge is 0.255 e. The minimum atomic E-state index is -0.176. The van der Waals surface area contributed by atoms with Gasteiger partial charge in [0.2, 0.25) is 5.91 Å². The fourth-order valence-corrected chi connectivity index (χ4v) is 3.14. The molecule has 0 N–H and O–H groups in total. The number of piperazine rings is 1. The predicted octanol–water partition coefficient (Wildman–Crippen LogP) is 3.48. The van der Waals surface area contributed by atoms with Crippen molar-refractivity contribution in [1.29, 1.82) is 0 Å². The molecule has 1 fully saturated rings. The molecule has 0 bridgehead atoms. The van der Waals surface area contributed by atoms with Gasteiger partial charge in [-0.1, -0.05) is 36.5 Å². The minimum absolute atomic E-state index is 0.162. The number of hydrogen-bond donors (Lipinski definition) is 0. The van der Waals surface area contributed by atoms with Gasteiger partial charge in [-0.3, -0.25) is 9.59 Å². The first-order valence-electron chi connectivity index (χ1n) is 8.08. The molecule has 132 valence electrons. The highest BCUT2D eigenvalue weighted by Crippen LogP contribution is 2.31. The molecule has 2 amide bonds. The van der Waals surface area contributed by atoms with E-state index in [1.165, 1.54) is 13.2 Å². The number of methoxy groups -OCH3 is 1. The summed E-state index contributed by atoms with van der Waals surface area (Å²) < 4.78 is 5.09. The van der Waals surface area contributed by atoms with Crippen LogP contribution in [-0.2, 0) is 4.79 Å². The summed E-state index contributed by atoms with van der Waals surface area (Å²) in [6.45, 7) is 4.16. The number of hydrogen-bond acceptors (Lipinski definition) is 3. The van der Waals surface area contributed by atoms with E-state index in [9.17, 15) is 9.59 Å². The van der Waals surface area contributed by atoms with Crippen molar-refractivity contribution in [2.24, 2.45) is 0 Å². The fraction of sp³-hybridized carbons (Fsp3) is 0.529. The van der Waals surface area contributed by atoms with Crippen LogP contribution in [0.25, 0.3) is 0 Å². The summed E-state index contributed by atoms with van der Waals surface area (Å²) in [6.07, 6.45) is 2.48. The highest BCUT2D eigenvalue weighted by atomic mass is 35.5. The van der Waals surface area contributed by atoms with E-state index in [4.69, 9.17) is 27.9 Å². The van der Waals surface area contributed by atoms with Crippen LogP contribution in [-0.4, -0.2) is 54.9 Å². The molecule has 1 aliphatic rings. The number of amides is 2. The summed E-state index contributed by atoms with van der Waals surface area (Å²) in [7, 11) is 1.49. The SMILES string of the molecule is CCCCC(=O)N1CCN(C(=O)c2cc(Cl)c(OC)cc2Cl)CC1. The first kappa shape index (κ1) is 18.9. The van der Waals surface area contributed by atoms with Crippen LogP contribution in [0.3, 0.4) is 0 Å². The number of carbonyl (C=O) groups is 2. The molecule has 24 heavy (non-hydrogen) atoms. The van der Waals surface area contributed by atoms with E-state index in [-0.39, 0.29) is 11.8 Å². The number of rotatable bonds is 5. The number of ether oxygens (including phenoxy) is 1. The Morgan fingerprint density at radius 1 is 1.08 bits per heavy atom. The summed E-state index contributed by atoms with van der Waals surface area (Å²) in [4.78, 5) is 28.2. The van der Waals surface area contributed by atoms with Gasteiger partial charge in [-0.15, -0.1) is 0 Å². The van der Waals surface area contributed by atoms with E-state index in [1.54, 1.807) is 11.0 Å². The second-order valence-electron chi connectivity index (χ2n) is 5.74. The maximum Gasteiger partial charge on any atom is 0.255 e. The van der Waals surface area contributed by atoms with Crippen molar-refractivity contribution in [3.63, 3.8) is 0 Å². The maximum atomic E-state index is 12.7. The molecular formula is C17H22Cl2N2O3. The summed E-state index contributed by atoms with van der Waals surface area (Å²) in [5, 5.41) is 0.654. The van der Waals surface area contributed by atoms with Gasteiger partial charge in [0, 0.05) is 38.7 Å². The molecule has 1 aliphatic heterocycles. The average Bonchev–Trinajstić information content (AvgIpc) is 2.60. The van der Waals surface area contributed by atoms with Gasteiger partial charge in [0.1, 0.15) is 5.75 Å². The van der Waals surface area contributed by atoms with Gasteiger partial charge in [0.05, 0.1) is 22.7 Å². The van der Waals surface area contributed by atoms with Crippen molar-refractivity contribution in [2.45, 2.75) is 26.2 Å². The largest absolute Gasteiger partial charge is 0.495 e. The quantitative estimate of drug-likeness (QED) is 0.794. The molecule has 0 saturated carbocycles. The Kier molecular flexibility index (Phi) is 6.75. The maximum absolute atomic E-state index is 12.7. The molecule has 0 radical (unpaired) electrons. The topological polar surface area (TPSA) is 49.9 Å². The Morgan fingerprint density at radius 3 is 2.29 bits per heavy atom. The zero-order valence-electron chi connectivity index (χ0n) is 14.0. The van der Waals surface area contributed by atoms with Crippen LogP contribution < -0.4 is 4.74 Å². The lowest BCUT2D eigenvalue weighted by Gasteiger charge is -2.35. The Balaban J connectivity index is 2.00.